The summed E-state index contributed by atoms with van der Waals surface area (Å²) in [7, 11) is 1.66. The van der Waals surface area contributed by atoms with Crippen molar-refractivity contribution in [3.63, 3.8) is 0 Å². The van der Waals surface area contributed by atoms with Crippen molar-refractivity contribution in [1.82, 2.24) is 9.88 Å². The van der Waals surface area contributed by atoms with Crippen molar-refractivity contribution in [2.24, 2.45) is 5.92 Å². The predicted molar refractivity (Wildman–Crippen MR) is 142 cm³/mol. The molecule has 0 bridgehead atoms. The zero-order valence-corrected chi connectivity index (χ0v) is 22.1. The number of rotatable bonds is 8. The third-order valence-corrected chi connectivity index (χ3v) is 7.01. The highest BCUT2D eigenvalue weighted by atomic mass is 19.4. The van der Waals surface area contributed by atoms with Gasteiger partial charge in [0.2, 0.25) is 0 Å². The Hall–Kier alpha value is -3.05. The van der Waals surface area contributed by atoms with E-state index < -0.39 is 18.5 Å². The molecule has 2 atom stereocenters. The van der Waals surface area contributed by atoms with Gasteiger partial charge in [-0.05, 0) is 67.1 Å². The van der Waals surface area contributed by atoms with Crippen molar-refractivity contribution in [1.29, 1.82) is 0 Å². The van der Waals surface area contributed by atoms with Crippen LogP contribution >= 0.6 is 0 Å². The van der Waals surface area contributed by atoms with Crippen LogP contribution in [0.4, 0.5) is 35.3 Å². The van der Waals surface area contributed by atoms with Crippen LogP contribution in [-0.4, -0.2) is 81.2 Å². The SMILES string of the molecule is CO[C@@H](C)CNc1cc(-c2cc(NC(=O)N3CC[C@@H](CC(F)(F)F)C3)ccc2C)cc(N2CCOCC2)n1. The third-order valence-electron chi connectivity index (χ3n) is 7.01. The van der Waals surface area contributed by atoms with Gasteiger partial charge in [0.15, 0.2) is 0 Å². The molecule has 0 spiro atoms. The average Bonchev–Trinajstić information content (AvgIpc) is 3.35. The Morgan fingerprint density at radius 3 is 2.68 bits per heavy atom. The minimum Gasteiger partial charge on any atom is -0.380 e. The largest absolute Gasteiger partial charge is 0.389 e. The Labute approximate surface area is 221 Å². The summed E-state index contributed by atoms with van der Waals surface area (Å²) in [6.07, 6.45) is -4.72. The number of hydrogen-bond acceptors (Lipinski definition) is 6. The van der Waals surface area contributed by atoms with Gasteiger partial charge in [-0.25, -0.2) is 9.78 Å². The number of carbonyl (C=O) groups is 1. The quantitative estimate of drug-likeness (QED) is 0.487. The number of likely N-dealkylation sites (tertiary alicyclic amines) is 1. The molecule has 2 aromatic rings. The van der Waals surface area contributed by atoms with Crippen molar-refractivity contribution >= 4 is 23.4 Å². The number of hydrogen-bond donors (Lipinski definition) is 2. The molecule has 0 unspecified atom stereocenters. The van der Waals surface area contributed by atoms with E-state index in [0.717, 1.165) is 41.4 Å². The van der Waals surface area contributed by atoms with Crippen molar-refractivity contribution in [2.75, 3.05) is 68.6 Å². The minimum atomic E-state index is -4.22. The van der Waals surface area contributed by atoms with Gasteiger partial charge in [0.25, 0.3) is 0 Å². The number of urea groups is 1. The second-order valence-electron chi connectivity index (χ2n) is 10.0. The van der Waals surface area contributed by atoms with Gasteiger partial charge >= 0.3 is 12.2 Å². The van der Waals surface area contributed by atoms with E-state index in [1.54, 1.807) is 7.11 Å². The minimum absolute atomic E-state index is 0.00823. The molecule has 2 amide bonds. The molecule has 11 heteroatoms. The van der Waals surface area contributed by atoms with Crippen molar-refractivity contribution in [3.05, 3.63) is 35.9 Å². The molecule has 0 radical (unpaired) electrons. The number of anilines is 3. The molecule has 2 N–H and O–H groups in total. The normalized spacial score (nSPS) is 18.9. The van der Waals surface area contributed by atoms with Crippen LogP contribution in [0.5, 0.6) is 0 Å². The zero-order chi connectivity index (χ0) is 27.3. The Bertz CT molecular complexity index is 1110. The molecule has 2 aliphatic heterocycles. The first-order valence-electron chi connectivity index (χ1n) is 13.0. The summed E-state index contributed by atoms with van der Waals surface area (Å²) in [4.78, 5) is 21.3. The van der Waals surface area contributed by atoms with Gasteiger partial charge in [0.1, 0.15) is 11.6 Å². The maximum Gasteiger partial charge on any atom is 0.389 e. The maximum atomic E-state index is 12.8. The summed E-state index contributed by atoms with van der Waals surface area (Å²) >= 11 is 0. The Kier molecular flexibility index (Phi) is 8.99. The number of halogens is 3. The highest BCUT2D eigenvalue weighted by Crippen LogP contribution is 2.33. The fraction of sp³-hybridized carbons (Fsp3) is 0.556. The molecule has 3 heterocycles. The van der Waals surface area contributed by atoms with Crippen LogP contribution in [0.2, 0.25) is 0 Å². The summed E-state index contributed by atoms with van der Waals surface area (Å²) in [5.41, 5.74) is 3.47. The van der Waals surface area contributed by atoms with Gasteiger partial charge in [0.05, 0.1) is 19.3 Å². The van der Waals surface area contributed by atoms with Gasteiger partial charge in [-0.1, -0.05) is 6.07 Å². The van der Waals surface area contributed by atoms with Crippen LogP contribution in [0.15, 0.2) is 30.3 Å². The lowest BCUT2D eigenvalue weighted by Gasteiger charge is -2.29. The van der Waals surface area contributed by atoms with E-state index >= 15 is 0 Å². The maximum absolute atomic E-state index is 12.8. The van der Waals surface area contributed by atoms with Crippen LogP contribution in [0.3, 0.4) is 0 Å². The first kappa shape index (κ1) is 28.0. The molecule has 1 aromatic carbocycles. The van der Waals surface area contributed by atoms with E-state index in [4.69, 9.17) is 14.5 Å². The predicted octanol–water partition coefficient (Wildman–Crippen LogP) is 5.15. The van der Waals surface area contributed by atoms with Crippen LogP contribution in [0.1, 0.15) is 25.3 Å². The van der Waals surface area contributed by atoms with Gasteiger partial charge in [0, 0.05) is 51.9 Å². The number of benzene rings is 1. The van der Waals surface area contributed by atoms with E-state index in [1.165, 1.54) is 4.90 Å². The van der Waals surface area contributed by atoms with E-state index in [1.807, 2.05) is 44.2 Å². The van der Waals surface area contributed by atoms with Crippen LogP contribution < -0.4 is 15.5 Å². The molecule has 0 saturated carbocycles. The summed E-state index contributed by atoms with van der Waals surface area (Å²) in [5.74, 6) is 0.992. The smallest absolute Gasteiger partial charge is 0.380 e. The van der Waals surface area contributed by atoms with Gasteiger partial charge in [-0.3, -0.25) is 0 Å². The Morgan fingerprint density at radius 2 is 1.97 bits per heavy atom. The number of carbonyl (C=O) groups excluding carboxylic acids is 1. The first-order chi connectivity index (χ1) is 18.1. The molecule has 38 heavy (non-hydrogen) atoms. The molecule has 0 aliphatic carbocycles. The van der Waals surface area contributed by atoms with Crippen LogP contribution in [0.25, 0.3) is 11.1 Å². The zero-order valence-electron chi connectivity index (χ0n) is 22.1. The molecular weight excluding hydrogens is 499 g/mol. The van der Waals surface area contributed by atoms with Gasteiger partial charge in [-0.15, -0.1) is 0 Å². The highest BCUT2D eigenvalue weighted by Gasteiger charge is 2.36. The molecule has 2 saturated heterocycles. The second kappa shape index (κ2) is 12.2. The highest BCUT2D eigenvalue weighted by molar-refractivity contribution is 5.91. The number of ether oxygens (including phenoxy) is 2. The Morgan fingerprint density at radius 1 is 1.21 bits per heavy atom. The lowest BCUT2D eigenvalue weighted by atomic mass is 10.00. The monoisotopic (exact) mass is 535 g/mol. The number of aryl methyl sites for hydroxylation is 1. The number of aromatic nitrogens is 1. The van der Waals surface area contributed by atoms with Crippen molar-refractivity contribution in [2.45, 2.75) is 39.0 Å². The number of morpholine rings is 1. The lowest BCUT2D eigenvalue weighted by molar-refractivity contribution is -0.143. The number of alkyl halides is 3. The Balaban J connectivity index is 1.54. The number of nitrogens with one attached hydrogen (secondary N) is 2. The molecule has 2 fully saturated rings. The topological polar surface area (TPSA) is 79.0 Å². The summed E-state index contributed by atoms with van der Waals surface area (Å²) in [5, 5.41) is 6.23. The van der Waals surface area contributed by atoms with Gasteiger partial charge in [-0.2, -0.15) is 13.2 Å². The average molecular weight is 536 g/mol. The molecule has 2 aliphatic rings. The van der Waals surface area contributed by atoms with E-state index in [2.05, 4.69) is 15.5 Å². The van der Waals surface area contributed by atoms with Crippen LogP contribution in [0, 0.1) is 12.8 Å². The third kappa shape index (κ3) is 7.50. The standard InChI is InChI=1S/C27H36F3N5O3/c1-18-4-5-22(32-26(36)35-7-6-20(17-35)15-27(28,29)30)14-23(18)21-12-24(31-16-19(2)37-3)33-25(13-21)34-8-10-38-11-9-34/h4-5,12-14,19-20H,6-11,15-17H2,1-3H3,(H,31,33)(H,32,36)/t19-,20-/m0/s1. The number of methoxy groups -OCH3 is 1. The molecule has 4 rings (SSSR count). The van der Waals surface area contributed by atoms with Crippen molar-refractivity contribution < 1.29 is 27.4 Å². The first-order valence-corrected chi connectivity index (χ1v) is 13.0. The molecule has 1 aromatic heterocycles. The summed E-state index contributed by atoms with van der Waals surface area (Å²) < 4.78 is 49.2. The van der Waals surface area contributed by atoms with E-state index in [-0.39, 0.29) is 18.7 Å². The fourth-order valence-electron chi connectivity index (χ4n) is 4.77. The van der Waals surface area contributed by atoms with Crippen LogP contribution in [-0.2, 0) is 9.47 Å². The fourth-order valence-corrected chi connectivity index (χ4v) is 4.77. The lowest BCUT2D eigenvalue weighted by Crippen LogP contribution is -2.36. The van der Waals surface area contributed by atoms with E-state index in [9.17, 15) is 18.0 Å². The summed E-state index contributed by atoms with van der Waals surface area (Å²) in [6, 6.07) is 9.26. The summed E-state index contributed by atoms with van der Waals surface area (Å²) in [6.45, 7) is 7.73. The molecular formula is C27H36F3N5O3. The number of nitrogens with zero attached hydrogens (tertiary/aromatic N) is 3. The molecule has 208 valence electrons. The second-order valence-corrected chi connectivity index (χ2v) is 10.0. The van der Waals surface area contributed by atoms with Crippen molar-refractivity contribution in [3.8, 4) is 11.1 Å². The van der Waals surface area contributed by atoms with E-state index in [0.29, 0.717) is 38.4 Å². The number of pyridine rings is 1. The van der Waals surface area contributed by atoms with Gasteiger partial charge < -0.3 is 29.9 Å². The number of amides is 2. The molecule has 8 nitrogen and oxygen atoms in total.